The third kappa shape index (κ3) is 2.45. The van der Waals surface area contributed by atoms with Crippen LogP contribution in [0.15, 0.2) is 30.3 Å². The molecule has 0 amide bonds. The Balaban J connectivity index is 1.63. The van der Waals surface area contributed by atoms with Gasteiger partial charge in [0.25, 0.3) is 0 Å². The standard InChI is InChI=1S/C16H22O2/c1-15(13-14-5-3-2-4-6-14)7-9-16(10-8-15)17-11-12-18-16/h2-6H,7-13H2,1H3. The lowest BCUT2D eigenvalue weighted by atomic mass is 9.70. The molecule has 98 valence electrons. The highest BCUT2D eigenvalue weighted by atomic mass is 16.7. The van der Waals surface area contributed by atoms with Crippen LogP contribution in [0.2, 0.25) is 0 Å². The largest absolute Gasteiger partial charge is 0.348 e. The third-order valence-corrected chi connectivity index (χ3v) is 4.51. The van der Waals surface area contributed by atoms with Crippen molar-refractivity contribution in [1.82, 2.24) is 0 Å². The number of ether oxygens (including phenoxy) is 2. The van der Waals surface area contributed by atoms with Crippen LogP contribution in [0, 0.1) is 5.41 Å². The summed E-state index contributed by atoms with van der Waals surface area (Å²) in [6.45, 7) is 3.95. The predicted octanol–water partition coefficient (Wildman–Crippen LogP) is 3.55. The van der Waals surface area contributed by atoms with Crippen LogP contribution in [-0.2, 0) is 15.9 Å². The first-order chi connectivity index (χ1) is 8.70. The maximum atomic E-state index is 5.80. The maximum Gasteiger partial charge on any atom is 0.168 e. The molecule has 0 atom stereocenters. The predicted molar refractivity (Wildman–Crippen MR) is 71.4 cm³/mol. The molecule has 1 aromatic rings. The molecule has 1 saturated heterocycles. The quantitative estimate of drug-likeness (QED) is 0.794. The summed E-state index contributed by atoms with van der Waals surface area (Å²) >= 11 is 0. The summed E-state index contributed by atoms with van der Waals surface area (Å²) in [6, 6.07) is 10.8. The van der Waals surface area contributed by atoms with E-state index in [1.807, 2.05) is 0 Å². The van der Waals surface area contributed by atoms with Crippen molar-refractivity contribution in [2.75, 3.05) is 13.2 Å². The summed E-state index contributed by atoms with van der Waals surface area (Å²) in [5.41, 5.74) is 1.85. The van der Waals surface area contributed by atoms with Gasteiger partial charge in [0, 0.05) is 12.8 Å². The van der Waals surface area contributed by atoms with Gasteiger partial charge in [0.2, 0.25) is 0 Å². The Morgan fingerprint density at radius 1 is 0.944 bits per heavy atom. The van der Waals surface area contributed by atoms with Crippen molar-refractivity contribution in [3.8, 4) is 0 Å². The molecule has 1 saturated carbocycles. The van der Waals surface area contributed by atoms with Crippen molar-refractivity contribution < 1.29 is 9.47 Å². The van der Waals surface area contributed by atoms with Gasteiger partial charge in [0.1, 0.15) is 0 Å². The minimum atomic E-state index is -0.226. The number of hydrogen-bond acceptors (Lipinski definition) is 2. The van der Waals surface area contributed by atoms with Crippen LogP contribution < -0.4 is 0 Å². The van der Waals surface area contributed by atoms with E-state index in [1.54, 1.807) is 0 Å². The monoisotopic (exact) mass is 246 g/mol. The van der Waals surface area contributed by atoms with E-state index in [2.05, 4.69) is 37.3 Å². The van der Waals surface area contributed by atoms with Gasteiger partial charge in [-0.25, -0.2) is 0 Å². The molecule has 0 bridgehead atoms. The fourth-order valence-corrected chi connectivity index (χ4v) is 3.29. The Kier molecular flexibility index (Phi) is 3.16. The van der Waals surface area contributed by atoms with E-state index < -0.39 is 0 Å². The van der Waals surface area contributed by atoms with Gasteiger partial charge in [0.15, 0.2) is 5.79 Å². The van der Waals surface area contributed by atoms with E-state index in [9.17, 15) is 0 Å². The zero-order chi connectivity index (χ0) is 12.5. The smallest absolute Gasteiger partial charge is 0.168 e. The van der Waals surface area contributed by atoms with E-state index in [-0.39, 0.29) is 5.79 Å². The van der Waals surface area contributed by atoms with E-state index in [0.717, 1.165) is 26.1 Å². The highest BCUT2D eigenvalue weighted by molar-refractivity contribution is 5.16. The van der Waals surface area contributed by atoms with E-state index in [0.29, 0.717) is 5.41 Å². The van der Waals surface area contributed by atoms with Gasteiger partial charge in [-0.05, 0) is 30.2 Å². The molecule has 2 aliphatic rings. The summed E-state index contributed by atoms with van der Waals surface area (Å²) in [5.74, 6) is -0.226. The van der Waals surface area contributed by atoms with Gasteiger partial charge in [-0.1, -0.05) is 37.3 Å². The van der Waals surface area contributed by atoms with Crippen LogP contribution in [0.25, 0.3) is 0 Å². The van der Waals surface area contributed by atoms with Crippen molar-refractivity contribution in [3.05, 3.63) is 35.9 Å². The second-order valence-electron chi connectivity index (χ2n) is 6.08. The van der Waals surface area contributed by atoms with Crippen molar-refractivity contribution in [2.24, 2.45) is 5.41 Å². The van der Waals surface area contributed by atoms with E-state index in [4.69, 9.17) is 9.47 Å². The van der Waals surface area contributed by atoms with Gasteiger partial charge in [-0.2, -0.15) is 0 Å². The molecule has 1 heterocycles. The third-order valence-electron chi connectivity index (χ3n) is 4.51. The molecule has 18 heavy (non-hydrogen) atoms. The first-order valence-electron chi connectivity index (χ1n) is 7.02. The Morgan fingerprint density at radius 2 is 1.56 bits per heavy atom. The second kappa shape index (κ2) is 4.67. The zero-order valence-corrected chi connectivity index (χ0v) is 11.2. The Hall–Kier alpha value is -0.860. The molecule has 1 aliphatic heterocycles. The van der Waals surface area contributed by atoms with Crippen LogP contribution in [0.3, 0.4) is 0 Å². The Morgan fingerprint density at radius 3 is 2.17 bits per heavy atom. The number of rotatable bonds is 2. The van der Waals surface area contributed by atoms with Crippen molar-refractivity contribution in [3.63, 3.8) is 0 Å². The molecule has 1 spiro atoms. The molecule has 0 unspecified atom stereocenters. The van der Waals surface area contributed by atoms with Crippen LogP contribution >= 0.6 is 0 Å². The summed E-state index contributed by atoms with van der Waals surface area (Å²) < 4.78 is 11.6. The molecule has 3 rings (SSSR count). The van der Waals surface area contributed by atoms with E-state index in [1.165, 1.54) is 24.8 Å². The van der Waals surface area contributed by atoms with E-state index >= 15 is 0 Å². The van der Waals surface area contributed by atoms with Gasteiger partial charge in [-0.15, -0.1) is 0 Å². The normalized spacial score (nSPS) is 25.4. The molecule has 2 nitrogen and oxygen atoms in total. The van der Waals surface area contributed by atoms with Crippen molar-refractivity contribution in [2.45, 2.75) is 44.8 Å². The average Bonchev–Trinajstić information content (AvgIpc) is 2.84. The minimum Gasteiger partial charge on any atom is -0.348 e. The van der Waals surface area contributed by atoms with Gasteiger partial charge in [0.05, 0.1) is 13.2 Å². The maximum absolute atomic E-state index is 5.80. The second-order valence-corrected chi connectivity index (χ2v) is 6.08. The average molecular weight is 246 g/mol. The highest BCUT2D eigenvalue weighted by Crippen LogP contribution is 2.46. The first-order valence-corrected chi connectivity index (χ1v) is 7.02. The number of hydrogen-bond donors (Lipinski definition) is 0. The minimum absolute atomic E-state index is 0.226. The SMILES string of the molecule is CC1(Cc2ccccc2)CCC2(CC1)OCCO2. The van der Waals surface area contributed by atoms with Crippen molar-refractivity contribution in [1.29, 1.82) is 0 Å². The molecule has 0 radical (unpaired) electrons. The molecule has 0 aromatic heterocycles. The molecule has 1 aliphatic carbocycles. The lowest BCUT2D eigenvalue weighted by Crippen LogP contribution is -2.39. The summed E-state index contributed by atoms with van der Waals surface area (Å²) in [7, 11) is 0. The topological polar surface area (TPSA) is 18.5 Å². The zero-order valence-electron chi connectivity index (χ0n) is 11.2. The summed E-state index contributed by atoms with van der Waals surface area (Å²) in [5, 5.41) is 0. The van der Waals surface area contributed by atoms with Gasteiger partial charge < -0.3 is 9.47 Å². The molecule has 1 aromatic carbocycles. The Labute approximate surface area is 109 Å². The molecule has 0 N–H and O–H groups in total. The van der Waals surface area contributed by atoms with Gasteiger partial charge >= 0.3 is 0 Å². The highest BCUT2D eigenvalue weighted by Gasteiger charge is 2.44. The lowest BCUT2D eigenvalue weighted by molar-refractivity contribution is -0.190. The number of benzene rings is 1. The first kappa shape index (κ1) is 12.2. The molecular formula is C16H22O2. The van der Waals surface area contributed by atoms with Gasteiger partial charge in [-0.3, -0.25) is 0 Å². The lowest BCUT2D eigenvalue weighted by Gasteiger charge is -2.41. The van der Waals surface area contributed by atoms with Crippen LogP contribution in [0.5, 0.6) is 0 Å². The molecular weight excluding hydrogens is 224 g/mol. The van der Waals surface area contributed by atoms with Crippen LogP contribution in [0.4, 0.5) is 0 Å². The van der Waals surface area contributed by atoms with Crippen molar-refractivity contribution >= 4 is 0 Å². The fourth-order valence-electron chi connectivity index (χ4n) is 3.29. The van der Waals surface area contributed by atoms with Crippen LogP contribution in [-0.4, -0.2) is 19.0 Å². The molecule has 2 heteroatoms. The van der Waals surface area contributed by atoms with Crippen LogP contribution in [0.1, 0.15) is 38.2 Å². The summed E-state index contributed by atoms with van der Waals surface area (Å²) in [4.78, 5) is 0. The summed E-state index contributed by atoms with van der Waals surface area (Å²) in [6.07, 6.45) is 5.67. The Bertz CT molecular complexity index is 383. The molecule has 2 fully saturated rings. The fraction of sp³-hybridized carbons (Fsp3) is 0.625.